The summed E-state index contributed by atoms with van der Waals surface area (Å²) in [6.45, 7) is 2.04. The molecule has 3 aromatic rings. The average molecular weight is 389 g/mol. The van der Waals surface area contributed by atoms with Gasteiger partial charge in [0.05, 0.1) is 12.7 Å². The molecule has 0 N–H and O–H groups in total. The maximum Gasteiger partial charge on any atom is 0.337 e. The fourth-order valence-electron chi connectivity index (χ4n) is 2.92. The molecule has 0 aliphatic carbocycles. The molecule has 3 aromatic carbocycles. The largest absolute Gasteiger partial charge is 0.465 e. The van der Waals surface area contributed by atoms with Gasteiger partial charge in [0.1, 0.15) is 5.75 Å². The maximum atomic E-state index is 13.1. The molecule has 148 valence electrons. The smallest absolute Gasteiger partial charge is 0.337 e. The number of rotatable bonds is 6. The number of aryl methyl sites for hydroxylation is 1. The Balaban J connectivity index is 1.89. The lowest BCUT2D eigenvalue weighted by molar-refractivity contribution is 0.0600. The highest BCUT2D eigenvalue weighted by molar-refractivity contribution is 6.09. The Morgan fingerprint density at radius 3 is 2.14 bits per heavy atom. The van der Waals surface area contributed by atoms with Gasteiger partial charge >= 0.3 is 5.97 Å². The Labute approximate surface area is 170 Å². The molecule has 0 saturated carbocycles. The molecule has 0 bridgehead atoms. The van der Waals surface area contributed by atoms with E-state index in [9.17, 15) is 9.59 Å². The third-order valence-electron chi connectivity index (χ3n) is 4.36. The predicted molar refractivity (Wildman–Crippen MR) is 113 cm³/mol. The summed E-state index contributed by atoms with van der Waals surface area (Å²) in [5.74, 6) is -0.0101. The van der Waals surface area contributed by atoms with Gasteiger partial charge in [-0.3, -0.25) is 4.79 Å². The molecular weight excluding hydrogens is 366 g/mol. The number of nitrogens with zero attached hydrogens (tertiary/aromatic N) is 1. The van der Waals surface area contributed by atoms with Crippen molar-refractivity contribution in [3.63, 3.8) is 0 Å². The number of allylic oxidation sites excluding steroid dienone is 1. The second-order valence-electron chi connectivity index (χ2n) is 6.97. The van der Waals surface area contributed by atoms with Gasteiger partial charge in [-0.15, -0.1) is 0 Å². The van der Waals surface area contributed by atoms with Gasteiger partial charge in [-0.2, -0.15) is 0 Å². The summed E-state index contributed by atoms with van der Waals surface area (Å²) in [7, 11) is 4.97. The number of hydrogen-bond donors (Lipinski definition) is 0. The number of hydrogen-bond acceptors (Lipinski definition) is 5. The highest BCUT2D eigenvalue weighted by Crippen LogP contribution is 2.22. The molecule has 0 saturated heterocycles. The molecule has 3 rings (SSSR count). The summed E-state index contributed by atoms with van der Waals surface area (Å²) in [6.07, 6.45) is 1.63. The van der Waals surface area contributed by atoms with Gasteiger partial charge in [-0.25, -0.2) is 4.79 Å². The molecule has 29 heavy (non-hydrogen) atoms. The van der Waals surface area contributed by atoms with E-state index < -0.39 is 5.97 Å². The van der Waals surface area contributed by atoms with E-state index in [4.69, 9.17) is 9.47 Å². The van der Waals surface area contributed by atoms with Crippen molar-refractivity contribution in [1.82, 2.24) is 4.90 Å². The van der Waals surface area contributed by atoms with E-state index >= 15 is 0 Å². The topological polar surface area (TPSA) is 55.8 Å². The Morgan fingerprint density at radius 2 is 1.48 bits per heavy atom. The first kappa shape index (κ1) is 20.1. The van der Waals surface area contributed by atoms with Crippen molar-refractivity contribution in [2.24, 2.45) is 0 Å². The molecule has 0 heterocycles. The van der Waals surface area contributed by atoms with Crippen LogP contribution in [0.3, 0.4) is 0 Å². The van der Waals surface area contributed by atoms with Crippen molar-refractivity contribution in [2.45, 2.75) is 6.92 Å². The summed E-state index contributed by atoms with van der Waals surface area (Å²) in [5.41, 5.74) is 2.12. The number of ether oxygens (including phenoxy) is 2. The minimum Gasteiger partial charge on any atom is -0.465 e. The van der Waals surface area contributed by atoms with E-state index in [1.807, 2.05) is 45.3 Å². The number of ketones is 1. The van der Waals surface area contributed by atoms with Gasteiger partial charge in [-0.05, 0) is 48.0 Å². The molecule has 5 nitrogen and oxygen atoms in total. The van der Waals surface area contributed by atoms with Crippen LogP contribution in [0.1, 0.15) is 26.3 Å². The van der Waals surface area contributed by atoms with Crippen molar-refractivity contribution >= 4 is 22.5 Å². The zero-order chi connectivity index (χ0) is 21.0. The van der Waals surface area contributed by atoms with Crippen LogP contribution in [0.4, 0.5) is 0 Å². The summed E-state index contributed by atoms with van der Waals surface area (Å²) >= 11 is 0. The standard InChI is InChI=1S/C24H23NO4/c1-16-5-6-19-14-20(8-7-18(19)13-16)23(26)22(15-25(2)3)29-21-11-9-17(10-12-21)24(27)28-4/h5-15H,1-4H3/b22-15-. The Morgan fingerprint density at radius 1 is 0.862 bits per heavy atom. The number of Topliss-reactive ketones (excluding diaryl/α,β-unsaturated/α-hetero) is 1. The maximum absolute atomic E-state index is 13.1. The molecule has 0 fully saturated rings. The van der Waals surface area contributed by atoms with Crippen LogP contribution >= 0.6 is 0 Å². The predicted octanol–water partition coefficient (Wildman–Crippen LogP) is 4.60. The second-order valence-corrected chi connectivity index (χ2v) is 6.97. The SMILES string of the molecule is COC(=O)c1ccc(O/C(=C\N(C)C)C(=O)c2ccc3cc(C)ccc3c2)cc1. The van der Waals surface area contributed by atoms with Crippen molar-refractivity contribution in [3.05, 3.63) is 89.3 Å². The molecule has 0 spiro atoms. The molecule has 0 unspecified atom stereocenters. The van der Waals surface area contributed by atoms with Crippen LogP contribution < -0.4 is 4.74 Å². The van der Waals surface area contributed by atoms with Crippen molar-refractivity contribution in [3.8, 4) is 5.75 Å². The lowest BCUT2D eigenvalue weighted by Crippen LogP contribution is -2.14. The number of carbonyl (C=O) groups excluding carboxylic acids is 2. The van der Waals surface area contributed by atoms with Gasteiger partial charge in [0.2, 0.25) is 5.78 Å². The fraction of sp³-hybridized carbons (Fsp3) is 0.167. The monoisotopic (exact) mass is 389 g/mol. The molecular formula is C24H23NO4. The number of carbonyl (C=O) groups is 2. The molecule has 0 aliphatic rings. The van der Waals surface area contributed by atoms with E-state index in [1.54, 1.807) is 41.4 Å². The van der Waals surface area contributed by atoms with E-state index in [-0.39, 0.29) is 11.5 Å². The summed E-state index contributed by atoms with van der Waals surface area (Å²) in [4.78, 5) is 26.5. The van der Waals surface area contributed by atoms with Gasteiger partial charge in [0.15, 0.2) is 5.76 Å². The minimum absolute atomic E-state index is 0.187. The zero-order valence-corrected chi connectivity index (χ0v) is 16.9. The zero-order valence-electron chi connectivity index (χ0n) is 16.9. The van der Waals surface area contributed by atoms with E-state index in [1.165, 1.54) is 12.7 Å². The molecule has 0 aromatic heterocycles. The number of esters is 1. The van der Waals surface area contributed by atoms with Crippen LogP contribution in [0, 0.1) is 6.92 Å². The molecule has 0 atom stereocenters. The van der Waals surface area contributed by atoms with Gasteiger partial charge in [0, 0.05) is 25.9 Å². The van der Waals surface area contributed by atoms with Crippen LogP contribution in [0.5, 0.6) is 5.75 Å². The fourth-order valence-corrected chi connectivity index (χ4v) is 2.92. The first-order valence-electron chi connectivity index (χ1n) is 9.17. The lowest BCUT2D eigenvalue weighted by atomic mass is 10.0. The van der Waals surface area contributed by atoms with Crippen molar-refractivity contribution in [1.29, 1.82) is 0 Å². The van der Waals surface area contributed by atoms with Crippen LogP contribution in [0.2, 0.25) is 0 Å². The van der Waals surface area contributed by atoms with Crippen LogP contribution in [-0.2, 0) is 4.74 Å². The Hall–Kier alpha value is -3.60. The second kappa shape index (κ2) is 8.61. The van der Waals surface area contributed by atoms with Crippen LogP contribution in [0.15, 0.2) is 72.6 Å². The van der Waals surface area contributed by atoms with Crippen molar-refractivity contribution < 1.29 is 19.1 Å². The highest BCUT2D eigenvalue weighted by atomic mass is 16.5. The van der Waals surface area contributed by atoms with Gasteiger partial charge < -0.3 is 14.4 Å². The first-order valence-corrected chi connectivity index (χ1v) is 9.17. The van der Waals surface area contributed by atoms with Gasteiger partial charge in [0.25, 0.3) is 0 Å². The number of benzene rings is 3. The molecule has 0 radical (unpaired) electrons. The van der Waals surface area contributed by atoms with E-state index in [0.717, 1.165) is 10.8 Å². The average Bonchev–Trinajstić information content (AvgIpc) is 2.72. The van der Waals surface area contributed by atoms with Crippen LogP contribution in [-0.4, -0.2) is 37.9 Å². The third kappa shape index (κ3) is 4.82. The minimum atomic E-state index is -0.428. The third-order valence-corrected chi connectivity index (χ3v) is 4.36. The van der Waals surface area contributed by atoms with Crippen LogP contribution in [0.25, 0.3) is 10.8 Å². The van der Waals surface area contributed by atoms with Crippen molar-refractivity contribution in [2.75, 3.05) is 21.2 Å². The van der Waals surface area contributed by atoms with Gasteiger partial charge in [-0.1, -0.05) is 35.9 Å². The van der Waals surface area contributed by atoms with E-state index in [0.29, 0.717) is 16.9 Å². The highest BCUT2D eigenvalue weighted by Gasteiger charge is 2.17. The Bertz CT molecular complexity index is 1080. The Kier molecular flexibility index (Phi) is 5.98. The normalized spacial score (nSPS) is 11.2. The first-order chi connectivity index (χ1) is 13.9. The molecule has 5 heteroatoms. The number of methoxy groups -OCH3 is 1. The number of fused-ring (bicyclic) bond motifs is 1. The lowest BCUT2D eigenvalue weighted by Gasteiger charge is -2.13. The summed E-state index contributed by atoms with van der Waals surface area (Å²) < 4.78 is 10.6. The summed E-state index contributed by atoms with van der Waals surface area (Å²) in [5, 5.41) is 2.08. The molecule has 0 aliphatic heterocycles. The quantitative estimate of drug-likeness (QED) is 0.267. The van der Waals surface area contributed by atoms with E-state index in [2.05, 4.69) is 6.07 Å². The molecule has 0 amide bonds. The summed E-state index contributed by atoms with van der Waals surface area (Å²) in [6, 6.07) is 18.2.